The summed E-state index contributed by atoms with van der Waals surface area (Å²) in [6.45, 7) is 6.12. The first kappa shape index (κ1) is 25.4. The molecule has 1 unspecified atom stereocenters. The molecule has 0 radical (unpaired) electrons. The molecule has 1 aliphatic rings. The number of fused-ring (bicyclic) bond motifs is 1. The van der Waals surface area contributed by atoms with E-state index in [0.717, 1.165) is 22.5 Å². The quantitative estimate of drug-likeness (QED) is 0.187. The van der Waals surface area contributed by atoms with Crippen molar-refractivity contribution in [3.8, 4) is 5.75 Å². The van der Waals surface area contributed by atoms with Gasteiger partial charge in [-0.25, -0.2) is 9.97 Å². The smallest absolute Gasteiger partial charge is 0.296 e. The second-order valence-corrected chi connectivity index (χ2v) is 11.3. The Bertz CT molecular complexity index is 1560. The Hall–Kier alpha value is -3.27. The number of unbranched alkanes of at least 4 members (excludes halogenated alkanes) is 1. The topological polar surface area (TPSA) is 92.6 Å². The lowest BCUT2D eigenvalue weighted by atomic mass is 9.94. The van der Waals surface area contributed by atoms with Crippen LogP contribution in [0.1, 0.15) is 51.7 Å². The normalized spacial score (nSPS) is 15.7. The minimum Gasteiger partial charge on any atom is -0.503 e. The molecule has 0 aliphatic carbocycles. The maximum Gasteiger partial charge on any atom is 0.296 e. The fraction of sp³-hybridized carbons (Fsp3) is 0.259. The first-order valence-corrected chi connectivity index (χ1v) is 13.8. The molecule has 1 aliphatic heterocycles. The summed E-state index contributed by atoms with van der Waals surface area (Å²) in [5.74, 6) is -1.18. The number of aromatic nitrogens is 2. The van der Waals surface area contributed by atoms with Gasteiger partial charge in [-0.2, -0.15) is 0 Å². The van der Waals surface area contributed by atoms with Gasteiger partial charge in [-0.05, 0) is 44.5 Å². The van der Waals surface area contributed by atoms with E-state index in [0.29, 0.717) is 44.2 Å². The number of hydrogen-bond donors (Lipinski definition) is 1. The lowest BCUT2D eigenvalue weighted by Gasteiger charge is -2.26. The highest BCUT2D eigenvalue weighted by atomic mass is 35.5. The molecular formula is C27H24ClN3O4S2. The van der Waals surface area contributed by atoms with Gasteiger partial charge in [-0.15, -0.1) is 11.3 Å². The molecular weight excluding hydrogens is 530 g/mol. The van der Waals surface area contributed by atoms with Gasteiger partial charge < -0.3 is 9.84 Å². The molecule has 3 heterocycles. The molecule has 10 heteroatoms. The lowest BCUT2D eigenvalue weighted by molar-refractivity contribution is -0.117. The van der Waals surface area contributed by atoms with Crippen LogP contribution >= 0.6 is 34.3 Å². The highest BCUT2D eigenvalue weighted by Gasteiger charge is 2.47. The fourth-order valence-corrected chi connectivity index (χ4v) is 6.49. The summed E-state index contributed by atoms with van der Waals surface area (Å²) >= 11 is 8.68. The van der Waals surface area contributed by atoms with Crippen LogP contribution in [0.15, 0.2) is 53.8 Å². The highest BCUT2D eigenvalue weighted by Crippen LogP contribution is 2.47. The number of ether oxygens (including phenoxy) is 1. The van der Waals surface area contributed by atoms with Crippen LogP contribution in [0.4, 0.5) is 5.13 Å². The zero-order chi connectivity index (χ0) is 26.3. The van der Waals surface area contributed by atoms with Crippen molar-refractivity contribution in [2.45, 2.75) is 39.7 Å². The van der Waals surface area contributed by atoms with Crippen molar-refractivity contribution in [1.29, 1.82) is 0 Å². The van der Waals surface area contributed by atoms with Crippen molar-refractivity contribution in [2.75, 3.05) is 11.5 Å². The second-order valence-electron chi connectivity index (χ2n) is 8.66. The molecule has 1 atom stereocenters. The zero-order valence-corrected chi connectivity index (χ0v) is 22.8. The predicted molar refractivity (Wildman–Crippen MR) is 147 cm³/mol. The van der Waals surface area contributed by atoms with E-state index in [1.165, 1.54) is 27.6 Å². The number of aryl methyl sites for hydroxylation is 2. The first-order chi connectivity index (χ1) is 17.8. The van der Waals surface area contributed by atoms with Gasteiger partial charge in [0.1, 0.15) is 11.8 Å². The average Bonchev–Trinajstić information content (AvgIpc) is 3.52. The molecule has 1 amide bonds. The summed E-state index contributed by atoms with van der Waals surface area (Å²) in [6.07, 6.45) is 1.81. The van der Waals surface area contributed by atoms with Gasteiger partial charge in [0.2, 0.25) is 5.78 Å². The Kier molecular flexibility index (Phi) is 7.02. The van der Waals surface area contributed by atoms with Crippen LogP contribution in [-0.4, -0.2) is 33.4 Å². The van der Waals surface area contributed by atoms with Crippen molar-refractivity contribution < 1.29 is 19.4 Å². The Labute approximate surface area is 227 Å². The summed E-state index contributed by atoms with van der Waals surface area (Å²) < 4.78 is 6.87. The minimum absolute atomic E-state index is 0.0134. The number of hydrogen-bond acceptors (Lipinski definition) is 8. The van der Waals surface area contributed by atoms with Gasteiger partial charge in [0.15, 0.2) is 10.9 Å². The third-order valence-corrected chi connectivity index (χ3v) is 8.40. The standard InChI is InChI=1S/C27H24ClN3O4S2/c1-4-5-12-35-19-9-7-6-8-17(19)22-21(23(32)25-14(2)29-15(3)36-25)24(33)26(34)31(22)27-30-18-11-10-16(28)13-20(18)37-27/h6-11,13,22,33H,4-5,12H2,1-3H3. The predicted octanol–water partition coefficient (Wildman–Crippen LogP) is 6.98. The van der Waals surface area contributed by atoms with E-state index in [2.05, 4.69) is 16.9 Å². The first-order valence-electron chi connectivity index (χ1n) is 11.8. The van der Waals surface area contributed by atoms with Gasteiger partial charge >= 0.3 is 0 Å². The number of Topliss-reactive ketones (excluding diaryl/α,β-unsaturated/α-hetero) is 1. The van der Waals surface area contributed by atoms with E-state index in [1.807, 2.05) is 31.2 Å². The molecule has 1 N–H and O–H groups in total. The van der Waals surface area contributed by atoms with Gasteiger partial charge in [-0.3, -0.25) is 14.5 Å². The highest BCUT2D eigenvalue weighted by molar-refractivity contribution is 7.22. The van der Waals surface area contributed by atoms with Crippen LogP contribution in [0.2, 0.25) is 5.02 Å². The summed E-state index contributed by atoms with van der Waals surface area (Å²) in [7, 11) is 0. The number of ketones is 1. The van der Waals surface area contributed by atoms with Gasteiger partial charge in [-0.1, -0.05) is 54.5 Å². The summed E-state index contributed by atoms with van der Waals surface area (Å²) in [6, 6.07) is 11.6. The maximum absolute atomic E-state index is 13.9. The number of halogens is 1. The van der Waals surface area contributed by atoms with E-state index in [4.69, 9.17) is 16.3 Å². The summed E-state index contributed by atoms with van der Waals surface area (Å²) in [4.78, 5) is 38.3. The van der Waals surface area contributed by atoms with Crippen molar-refractivity contribution in [2.24, 2.45) is 0 Å². The number of carbonyl (C=O) groups excluding carboxylic acids is 2. The molecule has 2 aromatic heterocycles. The van der Waals surface area contributed by atoms with E-state index >= 15 is 0 Å². The van der Waals surface area contributed by atoms with Gasteiger partial charge in [0.05, 0.1) is 38.0 Å². The lowest BCUT2D eigenvalue weighted by Crippen LogP contribution is -2.31. The number of nitrogens with zero attached hydrogens (tertiary/aromatic N) is 3. The number of benzene rings is 2. The zero-order valence-electron chi connectivity index (χ0n) is 20.4. The van der Waals surface area contributed by atoms with Crippen LogP contribution in [-0.2, 0) is 4.79 Å². The van der Waals surface area contributed by atoms with Gasteiger partial charge in [0, 0.05) is 10.6 Å². The van der Waals surface area contributed by atoms with Gasteiger partial charge in [0.25, 0.3) is 5.91 Å². The number of anilines is 1. The number of aliphatic hydroxyl groups is 1. The molecule has 0 fully saturated rings. The van der Waals surface area contributed by atoms with Crippen molar-refractivity contribution in [3.63, 3.8) is 0 Å². The third-order valence-electron chi connectivity index (χ3n) is 6.08. The number of para-hydroxylation sites is 1. The van der Waals surface area contributed by atoms with Crippen molar-refractivity contribution >= 4 is 61.3 Å². The second kappa shape index (κ2) is 10.2. The Balaban J connectivity index is 1.68. The summed E-state index contributed by atoms with van der Waals surface area (Å²) in [5.41, 5.74) is 1.80. The number of rotatable bonds is 8. The van der Waals surface area contributed by atoms with Crippen LogP contribution in [0, 0.1) is 13.8 Å². The molecule has 4 aromatic rings. The number of amides is 1. The van der Waals surface area contributed by atoms with E-state index in [9.17, 15) is 14.7 Å². The number of thiazole rings is 2. The molecule has 37 heavy (non-hydrogen) atoms. The molecule has 7 nitrogen and oxygen atoms in total. The molecule has 0 saturated heterocycles. The maximum atomic E-state index is 13.9. The third kappa shape index (κ3) is 4.63. The van der Waals surface area contributed by atoms with E-state index in [1.54, 1.807) is 25.1 Å². The molecule has 0 saturated carbocycles. The Morgan fingerprint density at radius 1 is 1.16 bits per heavy atom. The minimum atomic E-state index is -0.935. The number of aliphatic hydroxyl groups excluding tert-OH is 1. The van der Waals surface area contributed by atoms with Crippen molar-refractivity contribution in [1.82, 2.24) is 9.97 Å². The molecule has 190 valence electrons. The molecule has 0 spiro atoms. The Morgan fingerprint density at radius 2 is 1.95 bits per heavy atom. The fourth-order valence-electron chi connectivity index (χ4n) is 4.35. The van der Waals surface area contributed by atoms with Crippen LogP contribution in [0.3, 0.4) is 0 Å². The van der Waals surface area contributed by atoms with Crippen LogP contribution in [0.5, 0.6) is 5.75 Å². The molecule has 0 bridgehead atoms. The van der Waals surface area contributed by atoms with Crippen LogP contribution in [0.25, 0.3) is 10.2 Å². The average molecular weight is 554 g/mol. The van der Waals surface area contributed by atoms with Crippen LogP contribution < -0.4 is 9.64 Å². The van der Waals surface area contributed by atoms with E-state index in [-0.39, 0.29) is 5.57 Å². The Morgan fingerprint density at radius 3 is 2.68 bits per heavy atom. The largest absolute Gasteiger partial charge is 0.503 e. The summed E-state index contributed by atoms with van der Waals surface area (Å²) in [5, 5.41) is 12.8. The van der Waals surface area contributed by atoms with Crippen molar-refractivity contribution in [3.05, 3.63) is 80.0 Å². The molecule has 5 rings (SSSR count). The van der Waals surface area contributed by atoms with E-state index < -0.39 is 23.5 Å². The SMILES string of the molecule is CCCCOc1ccccc1C1C(C(=O)c2sc(C)nc2C)=C(O)C(=O)N1c1nc2ccc(Cl)cc2s1. The monoisotopic (exact) mass is 553 g/mol. The number of carbonyl (C=O) groups is 2. The molecule has 2 aromatic carbocycles.